The van der Waals surface area contributed by atoms with Crippen LogP contribution in [0.3, 0.4) is 0 Å². The van der Waals surface area contributed by atoms with Crippen molar-refractivity contribution >= 4 is 16.0 Å². The standard InChI is InChI=1S/C9H17NO5S/c11-6-5-10(8-2-1-3-8)16(14,15)7-4-9(12)13/h8,11H,1-7H2,(H,12,13). The molecule has 1 aliphatic rings. The highest BCUT2D eigenvalue weighted by Crippen LogP contribution is 2.27. The number of aliphatic hydroxyl groups is 1. The van der Waals surface area contributed by atoms with Crippen molar-refractivity contribution in [2.45, 2.75) is 31.7 Å². The second-order valence-corrected chi connectivity index (χ2v) is 5.92. The molecule has 0 amide bonds. The van der Waals surface area contributed by atoms with E-state index in [2.05, 4.69) is 0 Å². The summed E-state index contributed by atoms with van der Waals surface area (Å²) in [5.41, 5.74) is 0. The minimum Gasteiger partial charge on any atom is -0.481 e. The van der Waals surface area contributed by atoms with Crippen LogP contribution >= 0.6 is 0 Å². The van der Waals surface area contributed by atoms with Crippen LogP contribution < -0.4 is 0 Å². The van der Waals surface area contributed by atoms with E-state index in [1.54, 1.807) is 0 Å². The minimum atomic E-state index is -3.55. The quantitative estimate of drug-likeness (QED) is 0.644. The zero-order valence-electron chi connectivity index (χ0n) is 9.00. The first-order chi connectivity index (χ1) is 7.47. The molecule has 1 fully saturated rings. The number of sulfonamides is 1. The van der Waals surface area contributed by atoms with Gasteiger partial charge in [-0.2, -0.15) is 4.31 Å². The summed E-state index contributed by atoms with van der Waals surface area (Å²) < 4.78 is 24.9. The molecule has 0 aliphatic heterocycles. The zero-order valence-corrected chi connectivity index (χ0v) is 9.82. The van der Waals surface area contributed by atoms with Gasteiger partial charge >= 0.3 is 5.97 Å². The second kappa shape index (κ2) is 5.60. The first kappa shape index (κ1) is 13.4. The van der Waals surface area contributed by atoms with Crippen LogP contribution in [0.25, 0.3) is 0 Å². The van der Waals surface area contributed by atoms with Gasteiger partial charge in [-0.25, -0.2) is 8.42 Å². The normalized spacial score (nSPS) is 17.4. The number of hydrogen-bond donors (Lipinski definition) is 2. The van der Waals surface area contributed by atoms with Gasteiger partial charge < -0.3 is 10.2 Å². The summed E-state index contributed by atoms with van der Waals surface area (Å²) in [6.45, 7) is -0.171. The fourth-order valence-electron chi connectivity index (χ4n) is 1.66. The molecule has 1 aliphatic carbocycles. The van der Waals surface area contributed by atoms with Gasteiger partial charge in [-0.3, -0.25) is 4.79 Å². The molecule has 2 N–H and O–H groups in total. The zero-order chi connectivity index (χ0) is 12.2. The molecular formula is C9H17NO5S. The summed E-state index contributed by atoms with van der Waals surface area (Å²) in [6, 6.07) is -0.0501. The van der Waals surface area contributed by atoms with E-state index in [1.807, 2.05) is 0 Å². The molecule has 0 spiro atoms. The van der Waals surface area contributed by atoms with Crippen molar-refractivity contribution in [1.82, 2.24) is 4.31 Å². The fourth-order valence-corrected chi connectivity index (χ4v) is 3.35. The van der Waals surface area contributed by atoms with Gasteiger partial charge in [0.2, 0.25) is 10.0 Å². The van der Waals surface area contributed by atoms with E-state index in [1.165, 1.54) is 4.31 Å². The number of hydrogen-bond acceptors (Lipinski definition) is 4. The van der Waals surface area contributed by atoms with E-state index < -0.39 is 28.2 Å². The van der Waals surface area contributed by atoms with Gasteiger partial charge in [-0.15, -0.1) is 0 Å². The maximum Gasteiger partial charge on any atom is 0.304 e. The van der Waals surface area contributed by atoms with Crippen LogP contribution in [-0.4, -0.2) is 53.9 Å². The van der Waals surface area contributed by atoms with Gasteiger partial charge in [-0.1, -0.05) is 6.42 Å². The van der Waals surface area contributed by atoms with E-state index >= 15 is 0 Å². The molecule has 0 aromatic heterocycles. The Morgan fingerprint density at radius 1 is 1.38 bits per heavy atom. The second-order valence-electron chi connectivity index (χ2n) is 3.88. The molecule has 0 heterocycles. The molecule has 0 unspecified atom stereocenters. The predicted octanol–water partition coefficient (Wildman–Crippen LogP) is -0.362. The van der Waals surface area contributed by atoms with Crippen LogP contribution in [0, 0.1) is 0 Å². The largest absolute Gasteiger partial charge is 0.481 e. The number of carbonyl (C=O) groups is 1. The molecule has 6 nitrogen and oxygen atoms in total. The Balaban J connectivity index is 2.63. The van der Waals surface area contributed by atoms with Crippen LogP contribution in [0.15, 0.2) is 0 Å². The lowest BCUT2D eigenvalue weighted by Gasteiger charge is -2.36. The maximum atomic E-state index is 11.8. The summed E-state index contributed by atoms with van der Waals surface area (Å²) in [7, 11) is -3.55. The molecule has 16 heavy (non-hydrogen) atoms. The Morgan fingerprint density at radius 2 is 2.00 bits per heavy atom. The molecule has 0 radical (unpaired) electrons. The van der Waals surface area contributed by atoms with E-state index in [-0.39, 0.29) is 19.2 Å². The Morgan fingerprint density at radius 3 is 2.38 bits per heavy atom. The Labute approximate surface area is 94.9 Å². The first-order valence-electron chi connectivity index (χ1n) is 5.29. The van der Waals surface area contributed by atoms with E-state index in [0.717, 1.165) is 19.3 Å². The number of nitrogens with zero attached hydrogens (tertiary/aromatic N) is 1. The van der Waals surface area contributed by atoms with Gasteiger partial charge in [0, 0.05) is 12.6 Å². The molecular weight excluding hydrogens is 234 g/mol. The van der Waals surface area contributed by atoms with Gasteiger partial charge in [0.1, 0.15) is 0 Å². The molecule has 0 atom stereocenters. The summed E-state index contributed by atoms with van der Waals surface area (Å²) in [4.78, 5) is 10.3. The number of rotatable bonds is 7. The summed E-state index contributed by atoms with van der Waals surface area (Å²) in [5, 5.41) is 17.3. The number of aliphatic carboxylic acids is 1. The van der Waals surface area contributed by atoms with Crippen molar-refractivity contribution in [2.75, 3.05) is 18.9 Å². The lowest BCUT2D eigenvalue weighted by atomic mass is 9.93. The third-order valence-corrected chi connectivity index (χ3v) is 4.65. The van der Waals surface area contributed by atoms with Crippen molar-refractivity contribution in [3.8, 4) is 0 Å². The van der Waals surface area contributed by atoms with Crippen molar-refractivity contribution in [2.24, 2.45) is 0 Å². The topological polar surface area (TPSA) is 94.9 Å². The minimum absolute atomic E-state index is 0.0501. The van der Waals surface area contributed by atoms with E-state index in [9.17, 15) is 13.2 Å². The fraction of sp³-hybridized carbons (Fsp3) is 0.889. The van der Waals surface area contributed by atoms with Crippen LogP contribution in [0.4, 0.5) is 0 Å². The highest BCUT2D eigenvalue weighted by molar-refractivity contribution is 7.89. The molecule has 0 bridgehead atoms. The molecule has 0 aromatic rings. The van der Waals surface area contributed by atoms with Crippen molar-refractivity contribution in [1.29, 1.82) is 0 Å². The van der Waals surface area contributed by atoms with Gasteiger partial charge in [0.05, 0.1) is 18.8 Å². The Hall–Kier alpha value is -0.660. The SMILES string of the molecule is O=C(O)CCS(=O)(=O)N(CCO)C1CCC1. The molecule has 94 valence electrons. The predicted molar refractivity (Wildman–Crippen MR) is 57.5 cm³/mol. The summed E-state index contributed by atoms with van der Waals surface area (Å²) in [6.07, 6.45) is 2.19. The third-order valence-electron chi connectivity index (χ3n) is 2.73. The lowest BCUT2D eigenvalue weighted by molar-refractivity contribution is -0.136. The van der Waals surface area contributed by atoms with E-state index in [0.29, 0.717) is 0 Å². The number of carboxylic acid groups (broad SMARTS) is 1. The van der Waals surface area contributed by atoms with Crippen molar-refractivity contribution in [3.05, 3.63) is 0 Å². The third kappa shape index (κ3) is 3.43. The number of aliphatic hydroxyl groups excluding tert-OH is 1. The molecule has 7 heteroatoms. The first-order valence-corrected chi connectivity index (χ1v) is 6.90. The van der Waals surface area contributed by atoms with Crippen molar-refractivity contribution < 1.29 is 23.4 Å². The average molecular weight is 251 g/mol. The summed E-state index contributed by atoms with van der Waals surface area (Å²) in [5.74, 6) is -1.51. The van der Waals surface area contributed by atoms with Crippen LogP contribution in [0.1, 0.15) is 25.7 Å². The molecule has 1 saturated carbocycles. The average Bonchev–Trinajstić information content (AvgIpc) is 2.11. The maximum absolute atomic E-state index is 11.8. The van der Waals surface area contributed by atoms with Crippen LogP contribution in [-0.2, 0) is 14.8 Å². The molecule has 0 aromatic carbocycles. The Kier molecular flexibility index (Phi) is 4.69. The smallest absolute Gasteiger partial charge is 0.304 e. The van der Waals surface area contributed by atoms with Gasteiger partial charge in [0.15, 0.2) is 0 Å². The van der Waals surface area contributed by atoms with E-state index in [4.69, 9.17) is 10.2 Å². The Bertz CT molecular complexity index is 336. The van der Waals surface area contributed by atoms with Crippen molar-refractivity contribution in [3.63, 3.8) is 0 Å². The van der Waals surface area contributed by atoms with Crippen LogP contribution in [0.2, 0.25) is 0 Å². The summed E-state index contributed by atoms with van der Waals surface area (Å²) >= 11 is 0. The monoisotopic (exact) mass is 251 g/mol. The molecule has 1 rings (SSSR count). The van der Waals surface area contributed by atoms with Gasteiger partial charge in [0.25, 0.3) is 0 Å². The van der Waals surface area contributed by atoms with Gasteiger partial charge in [-0.05, 0) is 12.8 Å². The lowest BCUT2D eigenvalue weighted by Crippen LogP contribution is -2.46. The van der Waals surface area contributed by atoms with Crippen LogP contribution in [0.5, 0.6) is 0 Å². The molecule has 0 saturated heterocycles. The highest BCUT2D eigenvalue weighted by Gasteiger charge is 2.33. The highest BCUT2D eigenvalue weighted by atomic mass is 32.2. The number of carboxylic acids is 1.